The van der Waals surface area contributed by atoms with Crippen LogP contribution in [0.3, 0.4) is 0 Å². The second-order valence-corrected chi connectivity index (χ2v) is 5.38. The topological polar surface area (TPSA) is 66.4 Å². The minimum atomic E-state index is -1.07. The Bertz CT molecular complexity index is 649. The third-order valence-corrected chi connectivity index (χ3v) is 3.88. The predicted molar refractivity (Wildman–Crippen MR) is 80.6 cm³/mol. The van der Waals surface area contributed by atoms with E-state index in [1.807, 2.05) is 0 Å². The quantitative estimate of drug-likeness (QED) is 0.893. The molecule has 6 heteroatoms. The first-order chi connectivity index (χ1) is 9.52. The van der Waals surface area contributed by atoms with Crippen LogP contribution in [0.5, 0.6) is 0 Å². The van der Waals surface area contributed by atoms with Crippen molar-refractivity contribution in [3.63, 3.8) is 0 Å². The lowest BCUT2D eigenvalue weighted by molar-refractivity contribution is -0.115. The van der Waals surface area contributed by atoms with E-state index in [0.29, 0.717) is 22.0 Å². The summed E-state index contributed by atoms with van der Waals surface area (Å²) in [6.45, 7) is 1.71. The molecular formula is C14H12ClNO3S. The minimum Gasteiger partial charge on any atom is -0.478 e. The van der Waals surface area contributed by atoms with Crippen LogP contribution in [0, 0.1) is 0 Å². The highest BCUT2D eigenvalue weighted by Gasteiger charge is 2.20. The van der Waals surface area contributed by atoms with Gasteiger partial charge in [-0.25, -0.2) is 4.79 Å². The van der Waals surface area contributed by atoms with Gasteiger partial charge in [0.15, 0.2) is 0 Å². The molecule has 0 radical (unpaired) electrons. The van der Waals surface area contributed by atoms with Gasteiger partial charge in [-0.05, 0) is 17.7 Å². The van der Waals surface area contributed by atoms with Crippen molar-refractivity contribution < 1.29 is 14.7 Å². The number of aromatic carboxylic acids is 1. The van der Waals surface area contributed by atoms with Crippen LogP contribution >= 0.6 is 22.9 Å². The molecule has 20 heavy (non-hydrogen) atoms. The fourth-order valence-electron chi connectivity index (χ4n) is 1.72. The minimum absolute atomic E-state index is 0.110. The third kappa shape index (κ3) is 3.00. The molecule has 2 aromatic rings. The average molecular weight is 310 g/mol. The van der Waals surface area contributed by atoms with E-state index in [2.05, 4.69) is 5.32 Å². The molecule has 0 saturated carbocycles. The first-order valence-electron chi connectivity index (χ1n) is 5.93. The van der Waals surface area contributed by atoms with Crippen molar-refractivity contribution in [3.05, 3.63) is 40.2 Å². The van der Waals surface area contributed by atoms with Gasteiger partial charge in [-0.2, -0.15) is 0 Å². The maximum atomic E-state index is 11.4. The number of carboxylic acids is 1. The van der Waals surface area contributed by atoms with Crippen molar-refractivity contribution >= 4 is 39.8 Å². The summed E-state index contributed by atoms with van der Waals surface area (Å²) < 4.78 is 0. The monoisotopic (exact) mass is 309 g/mol. The fourth-order valence-corrected chi connectivity index (χ4v) is 2.82. The van der Waals surface area contributed by atoms with Gasteiger partial charge in [0.05, 0.1) is 0 Å². The lowest BCUT2D eigenvalue weighted by Crippen LogP contribution is -2.11. The molecule has 0 spiro atoms. The van der Waals surface area contributed by atoms with E-state index in [0.717, 1.165) is 5.56 Å². The van der Waals surface area contributed by atoms with Gasteiger partial charge in [0.25, 0.3) is 0 Å². The SMILES string of the molecule is CCC(=O)Nc1scc(-c2ccc(Cl)cc2)c1C(=O)O. The second-order valence-electron chi connectivity index (χ2n) is 4.07. The molecule has 0 aliphatic carbocycles. The summed E-state index contributed by atoms with van der Waals surface area (Å²) in [5.41, 5.74) is 1.43. The molecule has 4 nitrogen and oxygen atoms in total. The molecule has 1 amide bonds. The van der Waals surface area contributed by atoms with Gasteiger partial charge in [-0.1, -0.05) is 30.7 Å². The highest BCUT2D eigenvalue weighted by atomic mass is 35.5. The summed E-state index contributed by atoms with van der Waals surface area (Å²) in [4.78, 5) is 22.9. The van der Waals surface area contributed by atoms with Gasteiger partial charge in [0.2, 0.25) is 5.91 Å². The summed E-state index contributed by atoms with van der Waals surface area (Å²) >= 11 is 7.03. The van der Waals surface area contributed by atoms with Gasteiger partial charge in [0.1, 0.15) is 10.6 Å². The Morgan fingerprint density at radius 1 is 1.30 bits per heavy atom. The Balaban J connectivity index is 2.46. The largest absolute Gasteiger partial charge is 0.478 e. The van der Waals surface area contributed by atoms with Crippen molar-refractivity contribution in [1.29, 1.82) is 0 Å². The van der Waals surface area contributed by atoms with Crippen LogP contribution in [0.15, 0.2) is 29.6 Å². The summed E-state index contributed by atoms with van der Waals surface area (Å²) in [7, 11) is 0. The molecule has 1 aromatic carbocycles. The van der Waals surface area contributed by atoms with E-state index < -0.39 is 5.97 Å². The molecule has 0 atom stereocenters. The van der Waals surface area contributed by atoms with Gasteiger partial charge in [-0.3, -0.25) is 4.79 Å². The zero-order chi connectivity index (χ0) is 14.7. The number of thiophene rings is 1. The normalized spacial score (nSPS) is 10.3. The summed E-state index contributed by atoms with van der Waals surface area (Å²) in [6, 6.07) is 6.90. The fraction of sp³-hybridized carbons (Fsp3) is 0.143. The lowest BCUT2D eigenvalue weighted by atomic mass is 10.0. The number of carbonyl (C=O) groups excluding carboxylic acids is 1. The van der Waals surface area contributed by atoms with E-state index in [1.165, 1.54) is 11.3 Å². The molecule has 1 heterocycles. The van der Waals surface area contributed by atoms with Crippen LogP contribution in [-0.4, -0.2) is 17.0 Å². The lowest BCUT2D eigenvalue weighted by Gasteiger charge is -2.05. The highest BCUT2D eigenvalue weighted by Crippen LogP contribution is 2.36. The Morgan fingerprint density at radius 2 is 1.95 bits per heavy atom. The molecule has 2 rings (SSSR count). The van der Waals surface area contributed by atoms with E-state index in [1.54, 1.807) is 36.6 Å². The van der Waals surface area contributed by atoms with Crippen LogP contribution in [0.25, 0.3) is 11.1 Å². The Kier molecular flexibility index (Phi) is 4.42. The number of rotatable bonds is 4. The van der Waals surface area contributed by atoms with Gasteiger partial charge < -0.3 is 10.4 Å². The molecule has 0 fully saturated rings. The highest BCUT2D eigenvalue weighted by molar-refractivity contribution is 7.15. The van der Waals surface area contributed by atoms with Crippen LogP contribution in [0.4, 0.5) is 5.00 Å². The zero-order valence-corrected chi connectivity index (χ0v) is 12.2. The molecule has 2 N–H and O–H groups in total. The molecule has 0 bridgehead atoms. The van der Waals surface area contributed by atoms with Crippen molar-refractivity contribution in [3.8, 4) is 11.1 Å². The van der Waals surface area contributed by atoms with Gasteiger partial charge in [0, 0.05) is 22.4 Å². The van der Waals surface area contributed by atoms with Crippen LogP contribution in [0.1, 0.15) is 23.7 Å². The molecule has 0 saturated heterocycles. The van der Waals surface area contributed by atoms with Crippen molar-refractivity contribution in [1.82, 2.24) is 0 Å². The molecule has 0 aliphatic rings. The zero-order valence-electron chi connectivity index (χ0n) is 10.6. The number of amides is 1. The van der Waals surface area contributed by atoms with Crippen LogP contribution in [0.2, 0.25) is 5.02 Å². The summed E-state index contributed by atoms with van der Waals surface area (Å²) in [6.07, 6.45) is 0.299. The summed E-state index contributed by atoms with van der Waals surface area (Å²) in [5.74, 6) is -1.28. The number of halogens is 1. The van der Waals surface area contributed by atoms with Gasteiger partial charge in [-0.15, -0.1) is 11.3 Å². The predicted octanol–water partition coefficient (Wildman–Crippen LogP) is 4.12. The Hall–Kier alpha value is -1.85. The first kappa shape index (κ1) is 14.6. The maximum Gasteiger partial charge on any atom is 0.339 e. The standard InChI is InChI=1S/C14H12ClNO3S/c1-2-11(17)16-13-12(14(18)19)10(7-20-13)8-3-5-9(15)6-4-8/h3-7H,2H2,1H3,(H,16,17)(H,18,19). The number of carbonyl (C=O) groups is 2. The number of benzene rings is 1. The number of anilines is 1. The second kappa shape index (κ2) is 6.07. The van der Waals surface area contributed by atoms with E-state index in [9.17, 15) is 14.7 Å². The maximum absolute atomic E-state index is 11.4. The van der Waals surface area contributed by atoms with E-state index in [4.69, 9.17) is 11.6 Å². The third-order valence-electron chi connectivity index (χ3n) is 2.73. The summed E-state index contributed by atoms with van der Waals surface area (Å²) in [5, 5.41) is 14.6. The molecule has 104 valence electrons. The molecule has 0 unspecified atom stereocenters. The number of nitrogens with one attached hydrogen (secondary N) is 1. The first-order valence-corrected chi connectivity index (χ1v) is 7.19. The number of carboxylic acid groups (broad SMARTS) is 1. The van der Waals surface area contributed by atoms with Crippen LogP contribution < -0.4 is 5.32 Å². The van der Waals surface area contributed by atoms with Crippen LogP contribution in [-0.2, 0) is 4.79 Å². The Morgan fingerprint density at radius 3 is 2.50 bits per heavy atom. The molecular weight excluding hydrogens is 298 g/mol. The molecule has 1 aromatic heterocycles. The van der Waals surface area contributed by atoms with Gasteiger partial charge >= 0.3 is 5.97 Å². The van der Waals surface area contributed by atoms with Crippen molar-refractivity contribution in [2.24, 2.45) is 0 Å². The van der Waals surface area contributed by atoms with E-state index >= 15 is 0 Å². The van der Waals surface area contributed by atoms with Crippen molar-refractivity contribution in [2.45, 2.75) is 13.3 Å². The average Bonchev–Trinajstić information content (AvgIpc) is 2.83. The Labute approximate surface area is 125 Å². The van der Waals surface area contributed by atoms with E-state index in [-0.39, 0.29) is 11.5 Å². The van der Waals surface area contributed by atoms with Crippen molar-refractivity contribution in [2.75, 3.05) is 5.32 Å². The number of hydrogen-bond acceptors (Lipinski definition) is 3. The molecule has 0 aliphatic heterocycles. The smallest absolute Gasteiger partial charge is 0.339 e. The number of hydrogen-bond donors (Lipinski definition) is 2.